The fourth-order valence-electron chi connectivity index (χ4n) is 5.03. The first kappa shape index (κ1) is 50.3. The van der Waals surface area contributed by atoms with Crippen LogP contribution in [0.5, 0.6) is 0 Å². The van der Waals surface area contributed by atoms with E-state index in [2.05, 4.69) is 36.9 Å². The molecule has 22 heteroatoms. The van der Waals surface area contributed by atoms with Gasteiger partial charge in [0, 0.05) is 13.0 Å². The number of unbranched alkanes of at least 4 members (excludes halogenated alkanes) is 1. The Morgan fingerprint density at radius 2 is 1.13 bits per heavy atom. The van der Waals surface area contributed by atoms with Gasteiger partial charge in [-0.05, 0) is 82.8 Å². The molecule has 0 saturated carbocycles. The fraction of sp³-hybridized carbons (Fsp3) is 0.727. The first-order valence-corrected chi connectivity index (χ1v) is 19.5. The maximum atomic E-state index is 13.7. The number of rotatable bonds is 29. The molecule has 17 N–H and O–H groups in total. The minimum atomic E-state index is -1.41. The molecule has 7 amide bonds. The molecule has 0 spiro atoms. The van der Waals surface area contributed by atoms with Crippen LogP contribution in [0.1, 0.15) is 78.6 Å². The van der Waals surface area contributed by atoms with Gasteiger partial charge >= 0.3 is 5.97 Å². The van der Waals surface area contributed by atoms with E-state index in [1.165, 1.54) is 18.7 Å². The molecule has 0 saturated heterocycles. The van der Waals surface area contributed by atoms with Gasteiger partial charge in [0.15, 0.2) is 5.96 Å². The third kappa shape index (κ3) is 22.3. The molecule has 0 heterocycles. The molecule has 314 valence electrons. The van der Waals surface area contributed by atoms with Gasteiger partial charge in [-0.25, -0.2) is 4.79 Å². The molecule has 0 aromatic carbocycles. The highest BCUT2D eigenvalue weighted by Crippen LogP contribution is 2.09. The van der Waals surface area contributed by atoms with Crippen LogP contribution in [0, 0.1) is 5.92 Å². The molecule has 21 nitrogen and oxygen atoms in total. The molecule has 0 rings (SSSR count). The van der Waals surface area contributed by atoms with Crippen LogP contribution in [-0.2, 0) is 38.4 Å². The molecule has 0 bridgehead atoms. The van der Waals surface area contributed by atoms with Crippen molar-refractivity contribution in [2.24, 2.45) is 39.6 Å². The van der Waals surface area contributed by atoms with E-state index in [-0.39, 0.29) is 69.9 Å². The van der Waals surface area contributed by atoms with Gasteiger partial charge in [-0.15, -0.1) is 0 Å². The largest absolute Gasteiger partial charge is 0.480 e. The van der Waals surface area contributed by atoms with E-state index in [4.69, 9.17) is 28.7 Å². The SMILES string of the molecule is CSCC[C@H](NC(=O)[C@H](C)NC(=O)[C@H](CCCCN)NC(=O)CN)C(=O)N[C@@H](CCCN=C(N)N)C(=O)N[C@@H](CCC(N)=O)C(=O)N[C@@H](CC(C)C)C(=O)O. The number of aliphatic imine (C=N–C) groups is 1. The van der Waals surface area contributed by atoms with Crippen LogP contribution < -0.4 is 60.6 Å². The van der Waals surface area contributed by atoms with Crippen LogP contribution in [0.25, 0.3) is 0 Å². The topological polar surface area (TPSA) is 371 Å². The summed E-state index contributed by atoms with van der Waals surface area (Å²) in [4.78, 5) is 106. The number of thioether (sulfide) groups is 1. The molecule has 0 aromatic heterocycles. The second-order valence-electron chi connectivity index (χ2n) is 13.3. The summed E-state index contributed by atoms with van der Waals surface area (Å²) in [5, 5.41) is 24.8. The summed E-state index contributed by atoms with van der Waals surface area (Å²) in [6.45, 7) is 5.04. The summed E-state index contributed by atoms with van der Waals surface area (Å²) in [6.07, 6.45) is 2.91. The number of amides is 7. The average molecular weight is 803 g/mol. The van der Waals surface area contributed by atoms with Crippen LogP contribution in [0.2, 0.25) is 0 Å². The zero-order valence-corrected chi connectivity index (χ0v) is 33.0. The highest BCUT2D eigenvalue weighted by molar-refractivity contribution is 7.98. The van der Waals surface area contributed by atoms with E-state index >= 15 is 0 Å². The van der Waals surface area contributed by atoms with Crippen LogP contribution >= 0.6 is 11.8 Å². The molecule has 55 heavy (non-hydrogen) atoms. The van der Waals surface area contributed by atoms with Crippen LogP contribution in [0.15, 0.2) is 4.99 Å². The van der Waals surface area contributed by atoms with Crippen molar-refractivity contribution in [2.75, 3.05) is 31.6 Å². The number of nitrogens with zero attached hydrogens (tertiary/aromatic N) is 1. The lowest BCUT2D eigenvalue weighted by Gasteiger charge is -2.27. The molecule has 0 aliphatic carbocycles. The van der Waals surface area contributed by atoms with Gasteiger partial charge in [-0.1, -0.05) is 13.8 Å². The van der Waals surface area contributed by atoms with Crippen LogP contribution in [0.3, 0.4) is 0 Å². The Bertz CT molecular complexity index is 1320. The Labute approximate surface area is 326 Å². The van der Waals surface area contributed by atoms with Crippen molar-refractivity contribution < 1.29 is 43.5 Å². The standard InChI is InChI=1S/C33H62N12O9S/c1-18(2)16-24(32(53)54)45-30(51)22(10-11-25(36)46)44-29(50)21(9-7-14-39-33(37)38)43-31(52)23(12-15-55-4)42-27(48)19(3)40-28(49)20(8-5-6-13-34)41-26(47)17-35/h18-24H,5-17,34-35H2,1-4H3,(H2,36,46)(H,40,49)(H,41,47)(H,42,48)(H,43,52)(H,44,50)(H,45,51)(H,53,54)(H4,37,38,39)/t19-,20-,21-,22-,23-,24-/m0/s1. The lowest BCUT2D eigenvalue weighted by atomic mass is 10.0. The summed E-state index contributed by atoms with van der Waals surface area (Å²) in [6, 6.07) is -7.33. The number of nitrogens with one attached hydrogen (secondary N) is 6. The average Bonchev–Trinajstić information content (AvgIpc) is 3.11. The number of guanidine groups is 1. The van der Waals surface area contributed by atoms with Crippen molar-refractivity contribution in [1.29, 1.82) is 0 Å². The first-order valence-electron chi connectivity index (χ1n) is 18.1. The molecule has 0 aromatic rings. The van der Waals surface area contributed by atoms with Gasteiger partial charge in [0.1, 0.15) is 36.3 Å². The molecular formula is C33H62N12O9S. The molecule has 0 radical (unpaired) electrons. The second kappa shape index (κ2) is 27.8. The van der Waals surface area contributed by atoms with E-state index in [1.807, 2.05) is 0 Å². The normalized spacial score (nSPS) is 14.2. The third-order valence-corrected chi connectivity index (χ3v) is 8.64. The third-order valence-electron chi connectivity index (χ3n) is 7.99. The highest BCUT2D eigenvalue weighted by Gasteiger charge is 2.32. The van der Waals surface area contributed by atoms with Crippen molar-refractivity contribution >= 4 is 65.0 Å². The smallest absolute Gasteiger partial charge is 0.326 e. The Morgan fingerprint density at radius 1 is 0.636 bits per heavy atom. The fourth-order valence-corrected chi connectivity index (χ4v) is 5.50. The van der Waals surface area contributed by atoms with E-state index in [9.17, 15) is 43.5 Å². The van der Waals surface area contributed by atoms with E-state index in [1.54, 1.807) is 20.1 Å². The van der Waals surface area contributed by atoms with E-state index < -0.39 is 83.6 Å². The van der Waals surface area contributed by atoms with Gasteiger partial charge in [0.05, 0.1) is 6.54 Å². The monoisotopic (exact) mass is 802 g/mol. The minimum Gasteiger partial charge on any atom is -0.480 e. The van der Waals surface area contributed by atoms with Gasteiger partial charge in [0.25, 0.3) is 0 Å². The van der Waals surface area contributed by atoms with Gasteiger partial charge < -0.3 is 65.7 Å². The summed E-state index contributed by atoms with van der Waals surface area (Å²) in [5.41, 5.74) is 27.1. The molecule has 0 aliphatic rings. The predicted molar refractivity (Wildman–Crippen MR) is 208 cm³/mol. The molecular weight excluding hydrogens is 741 g/mol. The zero-order chi connectivity index (χ0) is 42.1. The van der Waals surface area contributed by atoms with Crippen molar-refractivity contribution in [3.05, 3.63) is 0 Å². The molecule has 0 aliphatic heterocycles. The van der Waals surface area contributed by atoms with Crippen molar-refractivity contribution in [1.82, 2.24) is 31.9 Å². The molecule has 0 fully saturated rings. The van der Waals surface area contributed by atoms with Crippen LogP contribution in [0.4, 0.5) is 0 Å². The number of nitrogens with two attached hydrogens (primary N) is 5. The summed E-state index contributed by atoms with van der Waals surface area (Å²) < 4.78 is 0. The Morgan fingerprint density at radius 3 is 1.62 bits per heavy atom. The lowest BCUT2D eigenvalue weighted by Crippen LogP contribution is -2.59. The maximum absolute atomic E-state index is 13.7. The summed E-state index contributed by atoms with van der Waals surface area (Å²) >= 11 is 1.39. The van der Waals surface area contributed by atoms with Crippen molar-refractivity contribution in [2.45, 2.75) is 115 Å². The number of hydrogen-bond acceptors (Lipinski definition) is 12. The first-order chi connectivity index (χ1) is 25.9. The molecule has 6 atom stereocenters. The Balaban J connectivity index is 6.20. The predicted octanol–water partition coefficient (Wildman–Crippen LogP) is -3.79. The van der Waals surface area contributed by atoms with Crippen molar-refractivity contribution in [3.8, 4) is 0 Å². The van der Waals surface area contributed by atoms with Gasteiger partial charge in [-0.3, -0.25) is 38.6 Å². The number of hydrogen-bond donors (Lipinski definition) is 12. The minimum absolute atomic E-state index is 0.0423. The second-order valence-corrected chi connectivity index (χ2v) is 14.3. The maximum Gasteiger partial charge on any atom is 0.326 e. The quantitative estimate of drug-likeness (QED) is 0.0196. The zero-order valence-electron chi connectivity index (χ0n) is 32.2. The Hall–Kier alpha value is -4.70. The summed E-state index contributed by atoms with van der Waals surface area (Å²) in [7, 11) is 0. The lowest BCUT2D eigenvalue weighted by molar-refractivity contribution is -0.143. The number of aliphatic carboxylic acids is 1. The van der Waals surface area contributed by atoms with Gasteiger partial charge in [0.2, 0.25) is 41.4 Å². The highest BCUT2D eigenvalue weighted by atomic mass is 32.2. The van der Waals surface area contributed by atoms with E-state index in [0.29, 0.717) is 25.1 Å². The number of carboxylic acids is 1. The van der Waals surface area contributed by atoms with Crippen LogP contribution in [-0.4, -0.2) is 126 Å². The number of primary amides is 1. The van der Waals surface area contributed by atoms with Gasteiger partial charge in [-0.2, -0.15) is 11.8 Å². The van der Waals surface area contributed by atoms with E-state index in [0.717, 1.165) is 0 Å². The Kier molecular flexibility index (Phi) is 25.4. The number of carboxylic acid groups (broad SMARTS) is 1. The van der Waals surface area contributed by atoms with Crippen molar-refractivity contribution in [3.63, 3.8) is 0 Å². The molecule has 0 unspecified atom stereocenters. The summed E-state index contributed by atoms with van der Waals surface area (Å²) in [5.74, 6) is -6.39. The number of carbonyl (C=O) groups is 8. The number of carbonyl (C=O) groups excluding carboxylic acids is 7.